The lowest BCUT2D eigenvalue weighted by atomic mass is 10.0. The maximum atomic E-state index is 10.9. The van der Waals surface area contributed by atoms with Crippen LogP contribution in [-0.2, 0) is 0 Å². The van der Waals surface area contributed by atoms with Crippen molar-refractivity contribution in [2.45, 2.75) is 6.92 Å². The molecule has 0 saturated heterocycles. The Morgan fingerprint density at radius 3 is 2.45 bits per heavy atom. The number of carbonyl (C=O) groups is 1. The molecule has 0 aliphatic rings. The van der Waals surface area contributed by atoms with Crippen molar-refractivity contribution in [3.8, 4) is 16.9 Å². The summed E-state index contributed by atoms with van der Waals surface area (Å²) in [6.45, 7) is 2.46. The number of benzene rings is 2. The predicted molar refractivity (Wildman–Crippen MR) is 80.0 cm³/mol. The fraction of sp³-hybridized carbons (Fsp3) is 0.133. The first-order chi connectivity index (χ1) is 9.52. The molecule has 1 N–H and O–H groups in total. The Labute approximate surface area is 126 Å². The summed E-state index contributed by atoms with van der Waals surface area (Å²) in [5.74, 6) is -0.367. The second kappa shape index (κ2) is 6.16. The third kappa shape index (κ3) is 3.06. The summed E-state index contributed by atoms with van der Waals surface area (Å²) in [7, 11) is 0. The summed E-state index contributed by atoms with van der Waals surface area (Å²) >= 11 is 12.2. The molecule has 0 heterocycles. The number of ether oxygens (including phenoxy) is 1. The maximum absolute atomic E-state index is 10.9. The Kier molecular flexibility index (Phi) is 4.53. The number of halogens is 2. The van der Waals surface area contributed by atoms with Crippen LogP contribution in [0, 0.1) is 0 Å². The van der Waals surface area contributed by atoms with Crippen molar-refractivity contribution in [3.05, 3.63) is 52.0 Å². The number of rotatable bonds is 4. The second-order valence-corrected chi connectivity index (χ2v) is 4.89. The van der Waals surface area contributed by atoms with Crippen molar-refractivity contribution < 1.29 is 14.6 Å². The smallest absolute Gasteiger partial charge is 0.337 e. The minimum atomic E-state index is -1.06. The minimum absolute atomic E-state index is 0.0671. The van der Waals surface area contributed by atoms with Crippen molar-refractivity contribution in [1.82, 2.24) is 0 Å². The van der Waals surface area contributed by atoms with E-state index in [0.29, 0.717) is 17.4 Å². The van der Waals surface area contributed by atoms with Gasteiger partial charge in [0.1, 0.15) is 5.75 Å². The van der Waals surface area contributed by atoms with Gasteiger partial charge in [0, 0.05) is 5.56 Å². The molecule has 0 fully saturated rings. The summed E-state index contributed by atoms with van der Waals surface area (Å²) in [6, 6.07) is 10.1. The zero-order valence-electron chi connectivity index (χ0n) is 10.7. The fourth-order valence-electron chi connectivity index (χ4n) is 1.84. The Morgan fingerprint density at radius 1 is 1.15 bits per heavy atom. The summed E-state index contributed by atoms with van der Waals surface area (Å²) in [6.07, 6.45) is 0. The molecule has 3 nitrogen and oxygen atoms in total. The van der Waals surface area contributed by atoms with Crippen LogP contribution in [0.25, 0.3) is 11.1 Å². The van der Waals surface area contributed by atoms with Gasteiger partial charge in [-0.25, -0.2) is 4.79 Å². The van der Waals surface area contributed by atoms with Crippen LogP contribution in [0.4, 0.5) is 0 Å². The van der Waals surface area contributed by atoms with E-state index in [1.54, 1.807) is 18.2 Å². The van der Waals surface area contributed by atoms with Crippen LogP contribution in [0.5, 0.6) is 5.75 Å². The lowest BCUT2D eigenvalue weighted by molar-refractivity contribution is 0.0697. The van der Waals surface area contributed by atoms with Gasteiger partial charge in [-0.3, -0.25) is 0 Å². The van der Waals surface area contributed by atoms with Crippen LogP contribution in [0.3, 0.4) is 0 Å². The molecule has 0 aromatic heterocycles. The third-order valence-electron chi connectivity index (χ3n) is 2.76. The van der Waals surface area contributed by atoms with Gasteiger partial charge in [-0.1, -0.05) is 29.3 Å². The van der Waals surface area contributed by atoms with Crippen LogP contribution in [0.15, 0.2) is 36.4 Å². The zero-order valence-corrected chi connectivity index (χ0v) is 12.2. The number of carboxylic acid groups (broad SMARTS) is 1. The maximum Gasteiger partial charge on any atom is 0.337 e. The second-order valence-electron chi connectivity index (χ2n) is 4.07. The van der Waals surface area contributed by atoms with Crippen LogP contribution >= 0.6 is 23.2 Å². The first kappa shape index (κ1) is 14.7. The van der Waals surface area contributed by atoms with Crippen LogP contribution in [-0.4, -0.2) is 17.7 Å². The van der Waals surface area contributed by atoms with Gasteiger partial charge in [-0.2, -0.15) is 0 Å². The van der Waals surface area contributed by atoms with Gasteiger partial charge in [-0.05, 0) is 42.8 Å². The molecule has 0 atom stereocenters. The number of carboxylic acids is 1. The highest BCUT2D eigenvalue weighted by molar-refractivity contribution is 6.35. The van der Waals surface area contributed by atoms with E-state index < -0.39 is 5.97 Å². The van der Waals surface area contributed by atoms with Crippen molar-refractivity contribution in [2.75, 3.05) is 6.61 Å². The molecule has 0 radical (unpaired) electrons. The summed E-state index contributed by atoms with van der Waals surface area (Å²) < 4.78 is 5.36. The molecule has 5 heteroatoms. The van der Waals surface area contributed by atoms with E-state index in [2.05, 4.69) is 0 Å². The molecule has 20 heavy (non-hydrogen) atoms. The lowest BCUT2D eigenvalue weighted by Crippen LogP contribution is -1.97. The van der Waals surface area contributed by atoms with Gasteiger partial charge in [0.15, 0.2) is 0 Å². The van der Waals surface area contributed by atoms with E-state index in [4.69, 9.17) is 33.0 Å². The zero-order chi connectivity index (χ0) is 14.7. The molecule has 0 spiro atoms. The standard InChI is InChI=1S/C15H12Cl2O3/c1-2-20-10-4-6-11(14(17)8-10)9-3-5-12(15(18)19)13(16)7-9/h3-8H,2H2,1H3,(H,18,19). The quantitative estimate of drug-likeness (QED) is 0.885. The van der Waals surface area contributed by atoms with Gasteiger partial charge in [0.25, 0.3) is 0 Å². The average molecular weight is 311 g/mol. The molecule has 0 bridgehead atoms. The highest BCUT2D eigenvalue weighted by Gasteiger charge is 2.11. The van der Waals surface area contributed by atoms with E-state index >= 15 is 0 Å². The molecular weight excluding hydrogens is 299 g/mol. The van der Waals surface area contributed by atoms with Gasteiger partial charge >= 0.3 is 5.97 Å². The first-order valence-electron chi connectivity index (χ1n) is 5.98. The molecule has 0 aliphatic carbocycles. The van der Waals surface area contributed by atoms with E-state index in [0.717, 1.165) is 11.1 Å². The van der Waals surface area contributed by atoms with Crippen molar-refractivity contribution in [1.29, 1.82) is 0 Å². The number of aromatic carboxylic acids is 1. The van der Waals surface area contributed by atoms with E-state index in [1.165, 1.54) is 6.07 Å². The van der Waals surface area contributed by atoms with Crippen molar-refractivity contribution in [3.63, 3.8) is 0 Å². The molecule has 2 aromatic carbocycles. The van der Waals surface area contributed by atoms with Crippen molar-refractivity contribution >= 4 is 29.2 Å². The van der Waals surface area contributed by atoms with Crippen LogP contribution < -0.4 is 4.74 Å². The summed E-state index contributed by atoms with van der Waals surface area (Å²) in [5.41, 5.74) is 1.60. The van der Waals surface area contributed by atoms with Gasteiger partial charge < -0.3 is 9.84 Å². The Morgan fingerprint density at radius 2 is 1.90 bits per heavy atom. The molecule has 0 aliphatic heterocycles. The normalized spacial score (nSPS) is 10.3. The van der Waals surface area contributed by atoms with E-state index in [-0.39, 0.29) is 10.6 Å². The third-order valence-corrected chi connectivity index (χ3v) is 3.39. The minimum Gasteiger partial charge on any atom is -0.494 e. The van der Waals surface area contributed by atoms with E-state index in [1.807, 2.05) is 19.1 Å². The van der Waals surface area contributed by atoms with Crippen LogP contribution in [0.2, 0.25) is 10.0 Å². The summed E-state index contributed by atoms with van der Waals surface area (Å²) in [5, 5.41) is 9.65. The van der Waals surface area contributed by atoms with Crippen LogP contribution in [0.1, 0.15) is 17.3 Å². The molecule has 0 unspecified atom stereocenters. The fourth-order valence-corrected chi connectivity index (χ4v) is 2.38. The van der Waals surface area contributed by atoms with Gasteiger partial charge in [0.2, 0.25) is 0 Å². The Bertz CT molecular complexity index is 654. The van der Waals surface area contributed by atoms with Gasteiger partial charge in [-0.15, -0.1) is 0 Å². The van der Waals surface area contributed by atoms with E-state index in [9.17, 15) is 4.79 Å². The molecule has 2 rings (SSSR count). The summed E-state index contributed by atoms with van der Waals surface area (Å²) in [4.78, 5) is 10.9. The molecular formula is C15H12Cl2O3. The first-order valence-corrected chi connectivity index (χ1v) is 6.74. The Hall–Kier alpha value is -1.71. The molecule has 2 aromatic rings. The molecule has 0 amide bonds. The largest absolute Gasteiger partial charge is 0.494 e. The Balaban J connectivity index is 2.41. The average Bonchev–Trinajstić information content (AvgIpc) is 2.38. The molecule has 0 saturated carbocycles. The lowest BCUT2D eigenvalue weighted by Gasteiger charge is -2.09. The molecule has 104 valence electrons. The highest BCUT2D eigenvalue weighted by atomic mass is 35.5. The number of hydrogen-bond donors (Lipinski definition) is 1. The number of hydrogen-bond acceptors (Lipinski definition) is 2. The predicted octanol–water partition coefficient (Wildman–Crippen LogP) is 4.76. The van der Waals surface area contributed by atoms with Crippen molar-refractivity contribution in [2.24, 2.45) is 0 Å². The van der Waals surface area contributed by atoms with Gasteiger partial charge in [0.05, 0.1) is 22.2 Å². The monoisotopic (exact) mass is 310 g/mol. The topological polar surface area (TPSA) is 46.5 Å². The SMILES string of the molecule is CCOc1ccc(-c2ccc(C(=O)O)c(Cl)c2)c(Cl)c1. The highest BCUT2D eigenvalue weighted by Crippen LogP contribution is 2.33.